The largest absolute Gasteiger partial charge is 0.379 e. The smallest absolute Gasteiger partial charge is 0.116 e. The van der Waals surface area contributed by atoms with Crippen LogP contribution in [0.1, 0.15) is 31.9 Å². The average Bonchev–Trinajstić information content (AvgIpc) is 2.46. The predicted molar refractivity (Wildman–Crippen MR) is 80.4 cm³/mol. The first kappa shape index (κ1) is 17.8. The molecule has 0 atom stereocenters. The molecule has 0 aromatic heterocycles. The quantitative estimate of drug-likeness (QED) is 0.770. The molecule has 0 aliphatic carbocycles. The first-order chi connectivity index (χ1) is 9.26. The summed E-state index contributed by atoms with van der Waals surface area (Å²) in [7, 11) is 0. The first-order valence-electron chi connectivity index (χ1n) is 7.01. The maximum absolute atomic E-state index is 8.81. The van der Waals surface area contributed by atoms with Crippen molar-refractivity contribution in [2.24, 2.45) is 0 Å². The molecule has 1 aromatic rings. The summed E-state index contributed by atoms with van der Waals surface area (Å²) in [5, 5.41) is 0. The van der Waals surface area contributed by atoms with Crippen molar-refractivity contribution in [1.82, 2.24) is 4.90 Å². The van der Waals surface area contributed by atoms with E-state index >= 15 is 0 Å². The van der Waals surface area contributed by atoms with Gasteiger partial charge in [-0.05, 0) is 19.4 Å². The third kappa shape index (κ3) is 8.51. The van der Waals surface area contributed by atoms with E-state index in [0.29, 0.717) is 0 Å². The van der Waals surface area contributed by atoms with Crippen molar-refractivity contribution in [3.05, 3.63) is 35.4 Å². The summed E-state index contributed by atoms with van der Waals surface area (Å²) in [4.78, 5) is 11.2. The molecular formula is C16H27NO2. The number of aryl methyl sites for hydroxylation is 1. The van der Waals surface area contributed by atoms with E-state index < -0.39 is 0 Å². The van der Waals surface area contributed by atoms with E-state index in [1.165, 1.54) is 18.1 Å². The third-order valence-corrected chi connectivity index (χ3v) is 2.63. The molecule has 0 bridgehead atoms. The number of rotatable bonds is 2. The van der Waals surface area contributed by atoms with Gasteiger partial charge in [0.05, 0.1) is 13.2 Å². The van der Waals surface area contributed by atoms with E-state index in [1.807, 2.05) is 13.8 Å². The van der Waals surface area contributed by atoms with Crippen molar-refractivity contribution in [3.63, 3.8) is 0 Å². The van der Waals surface area contributed by atoms with Crippen LogP contribution in [0.15, 0.2) is 24.3 Å². The molecule has 3 nitrogen and oxygen atoms in total. The molecule has 1 aliphatic heterocycles. The SMILES string of the molecule is CC.CC=O.Cc1ccc(CN2CCOCC2)cc1. The molecule has 108 valence electrons. The zero-order valence-corrected chi connectivity index (χ0v) is 12.7. The molecule has 1 aliphatic rings. The molecule has 1 heterocycles. The zero-order valence-electron chi connectivity index (χ0n) is 12.7. The van der Waals surface area contributed by atoms with Crippen LogP contribution in [0.25, 0.3) is 0 Å². The van der Waals surface area contributed by atoms with Gasteiger partial charge in [-0.2, -0.15) is 0 Å². The normalized spacial score (nSPS) is 14.5. The fourth-order valence-corrected chi connectivity index (χ4v) is 1.71. The fourth-order valence-electron chi connectivity index (χ4n) is 1.71. The number of carbonyl (C=O) groups is 1. The molecule has 0 amide bonds. The lowest BCUT2D eigenvalue weighted by Crippen LogP contribution is -2.35. The highest BCUT2D eigenvalue weighted by Gasteiger charge is 2.09. The lowest BCUT2D eigenvalue weighted by molar-refractivity contribution is -0.106. The van der Waals surface area contributed by atoms with Crippen LogP contribution in [-0.4, -0.2) is 37.5 Å². The van der Waals surface area contributed by atoms with Crippen LogP contribution in [0, 0.1) is 6.92 Å². The second kappa shape index (κ2) is 11.9. The highest BCUT2D eigenvalue weighted by Crippen LogP contribution is 2.08. The Kier molecular flexibility index (Phi) is 11.1. The van der Waals surface area contributed by atoms with Crippen molar-refractivity contribution in [2.75, 3.05) is 26.3 Å². The number of hydrogen-bond donors (Lipinski definition) is 0. The van der Waals surface area contributed by atoms with Crippen LogP contribution < -0.4 is 0 Å². The summed E-state index contributed by atoms with van der Waals surface area (Å²) in [6, 6.07) is 8.78. The topological polar surface area (TPSA) is 29.5 Å². The number of aldehydes is 1. The van der Waals surface area contributed by atoms with E-state index in [4.69, 9.17) is 9.53 Å². The van der Waals surface area contributed by atoms with Gasteiger partial charge >= 0.3 is 0 Å². The van der Waals surface area contributed by atoms with Gasteiger partial charge in [0.2, 0.25) is 0 Å². The maximum atomic E-state index is 8.81. The average molecular weight is 265 g/mol. The van der Waals surface area contributed by atoms with Crippen LogP contribution in [0.5, 0.6) is 0 Å². The summed E-state index contributed by atoms with van der Waals surface area (Å²) >= 11 is 0. The molecule has 1 aromatic carbocycles. The minimum Gasteiger partial charge on any atom is -0.379 e. The molecule has 3 heteroatoms. The summed E-state index contributed by atoms with van der Waals surface area (Å²) in [5.41, 5.74) is 2.73. The van der Waals surface area contributed by atoms with Crippen molar-refractivity contribution >= 4 is 6.29 Å². The van der Waals surface area contributed by atoms with Gasteiger partial charge in [-0.3, -0.25) is 4.90 Å². The van der Waals surface area contributed by atoms with Gasteiger partial charge in [0.15, 0.2) is 0 Å². The Hall–Kier alpha value is -1.19. The molecule has 1 saturated heterocycles. The van der Waals surface area contributed by atoms with Crippen LogP contribution in [0.2, 0.25) is 0 Å². The van der Waals surface area contributed by atoms with Gasteiger partial charge in [-0.25, -0.2) is 0 Å². The molecule has 19 heavy (non-hydrogen) atoms. The second-order valence-electron chi connectivity index (χ2n) is 4.11. The highest BCUT2D eigenvalue weighted by molar-refractivity contribution is 5.44. The molecule has 0 radical (unpaired) electrons. The fraction of sp³-hybridized carbons (Fsp3) is 0.562. The molecule has 0 saturated carbocycles. The lowest BCUT2D eigenvalue weighted by atomic mass is 10.1. The Morgan fingerprint density at radius 3 is 2.11 bits per heavy atom. The van der Waals surface area contributed by atoms with E-state index in [0.717, 1.165) is 39.1 Å². The van der Waals surface area contributed by atoms with E-state index in [9.17, 15) is 0 Å². The summed E-state index contributed by atoms with van der Waals surface area (Å²) in [6.07, 6.45) is 0.750. The molecule has 0 spiro atoms. The number of morpholine rings is 1. The van der Waals surface area contributed by atoms with Crippen molar-refractivity contribution in [2.45, 2.75) is 34.2 Å². The highest BCUT2D eigenvalue weighted by atomic mass is 16.5. The predicted octanol–water partition coefficient (Wildman–Crippen LogP) is 3.06. The molecule has 0 unspecified atom stereocenters. The van der Waals surface area contributed by atoms with Crippen molar-refractivity contribution in [1.29, 1.82) is 0 Å². The van der Waals surface area contributed by atoms with Crippen molar-refractivity contribution < 1.29 is 9.53 Å². The van der Waals surface area contributed by atoms with Gasteiger partial charge in [-0.1, -0.05) is 43.7 Å². The summed E-state index contributed by atoms with van der Waals surface area (Å²) in [5.74, 6) is 0. The molecular weight excluding hydrogens is 238 g/mol. The molecule has 1 fully saturated rings. The van der Waals surface area contributed by atoms with E-state index in [-0.39, 0.29) is 0 Å². The van der Waals surface area contributed by atoms with Gasteiger partial charge in [0.1, 0.15) is 6.29 Å². The van der Waals surface area contributed by atoms with Crippen LogP contribution in [0.4, 0.5) is 0 Å². The molecule has 0 N–H and O–H groups in total. The monoisotopic (exact) mass is 265 g/mol. The van der Waals surface area contributed by atoms with Gasteiger partial charge < -0.3 is 9.53 Å². The number of hydrogen-bond acceptors (Lipinski definition) is 3. The summed E-state index contributed by atoms with van der Waals surface area (Å²) < 4.78 is 5.31. The third-order valence-electron chi connectivity index (χ3n) is 2.63. The van der Waals surface area contributed by atoms with Crippen LogP contribution >= 0.6 is 0 Å². The van der Waals surface area contributed by atoms with Crippen LogP contribution in [0.3, 0.4) is 0 Å². The Morgan fingerprint density at radius 2 is 1.63 bits per heavy atom. The second-order valence-corrected chi connectivity index (χ2v) is 4.11. The summed E-state index contributed by atoms with van der Waals surface area (Å²) in [6.45, 7) is 12.5. The maximum Gasteiger partial charge on any atom is 0.116 e. The van der Waals surface area contributed by atoms with Crippen LogP contribution in [-0.2, 0) is 16.1 Å². The Labute approximate surface area is 117 Å². The van der Waals surface area contributed by atoms with Crippen molar-refractivity contribution in [3.8, 4) is 0 Å². The van der Waals surface area contributed by atoms with E-state index in [2.05, 4.69) is 36.1 Å². The van der Waals surface area contributed by atoms with Gasteiger partial charge in [0.25, 0.3) is 0 Å². The lowest BCUT2D eigenvalue weighted by Gasteiger charge is -2.26. The number of nitrogens with zero attached hydrogens (tertiary/aromatic N) is 1. The molecule has 2 rings (SSSR count). The number of carbonyl (C=O) groups excluding carboxylic acids is 1. The van der Waals surface area contributed by atoms with Gasteiger partial charge in [-0.15, -0.1) is 0 Å². The minimum atomic E-state index is 0.750. The number of ether oxygens (including phenoxy) is 1. The standard InChI is InChI=1S/C12H17NO.C2H4O.C2H6/c1-11-2-4-12(5-3-11)10-13-6-8-14-9-7-13;1-2-3;1-2/h2-5H,6-10H2,1H3;2H,1H3;1-2H3. The minimum absolute atomic E-state index is 0.750. The van der Waals surface area contributed by atoms with Gasteiger partial charge in [0, 0.05) is 19.6 Å². The first-order valence-corrected chi connectivity index (χ1v) is 7.01. The Balaban J connectivity index is 0.000000573. The Morgan fingerprint density at radius 1 is 1.16 bits per heavy atom. The van der Waals surface area contributed by atoms with E-state index in [1.54, 1.807) is 0 Å². The number of benzene rings is 1. The zero-order chi connectivity index (χ0) is 14.5. The Bertz CT molecular complexity index is 316.